The van der Waals surface area contributed by atoms with Crippen LogP contribution in [0.4, 0.5) is 17.3 Å². The van der Waals surface area contributed by atoms with Crippen LogP contribution in [0.5, 0.6) is 0 Å². The third-order valence-electron chi connectivity index (χ3n) is 2.82. The van der Waals surface area contributed by atoms with Gasteiger partial charge in [-0.15, -0.1) is 10.2 Å². The van der Waals surface area contributed by atoms with Crippen molar-refractivity contribution in [3.05, 3.63) is 42.0 Å². The number of hydrogen-bond acceptors (Lipinski definition) is 4. The fourth-order valence-corrected chi connectivity index (χ4v) is 1.75. The molecule has 0 radical (unpaired) electrons. The van der Waals surface area contributed by atoms with Gasteiger partial charge < -0.3 is 10.6 Å². The summed E-state index contributed by atoms with van der Waals surface area (Å²) in [5.41, 5.74) is 2.12. The maximum absolute atomic E-state index is 11.4. The maximum Gasteiger partial charge on any atom is 0.225 e. The number of carbonyl (C=O) groups is 1. The van der Waals surface area contributed by atoms with Crippen molar-refractivity contribution in [2.75, 3.05) is 10.6 Å². The van der Waals surface area contributed by atoms with Crippen LogP contribution in [0.3, 0.4) is 0 Å². The smallest absolute Gasteiger partial charge is 0.225 e. The lowest BCUT2D eigenvalue weighted by atomic mass is 10.2. The average molecular weight is 270 g/mol. The molecule has 0 fully saturated rings. The number of amides is 1. The van der Waals surface area contributed by atoms with Crippen LogP contribution in [0.25, 0.3) is 0 Å². The quantitative estimate of drug-likeness (QED) is 0.875. The van der Waals surface area contributed by atoms with Gasteiger partial charge in [-0.2, -0.15) is 0 Å². The summed E-state index contributed by atoms with van der Waals surface area (Å²) in [7, 11) is 0. The largest absolute Gasteiger partial charge is 0.339 e. The number of para-hydroxylation sites is 1. The standard InChI is InChI=1S/C15H18N4O/c1-3-6-15(20)17-14-10-9-13(18-19-14)16-12-8-5-4-7-11(12)2/h4-5,7-10H,3,6H2,1-2H3,(H,16,18)(H,17,19,20). The van der Waals surface area contributed by atoms with Crippen LogP contribution in [-0.4, -0.2) is 16.1 Å². The zero-order chi connectivity index (χ0) is 14.4. The Hall–Kier alpha value is -2.43. The highest BCUT2D eigenvalue weighted by molar-refractivity contribution is 5.89. The van der Waals surface area contributed by atoms with E-state index in [-0.39, 0.29) is 5.91 Å². The molecule has 2 rings (SSSR count). The number of aromatic nitrogens is 2. The number of hydrogen-bond donors (Lipinski definition) is 2. The number of nitrogens with zero attached hydrogens (tertiary/aromatic N) is 2. The molecule has 0 aliphatic heterocycles. The van der Waals surface area contributed by atoms with Crippen LogP contribution in [0.2, 0.25) is 0 Å². The van der Waals surface area contributed by atoms with Gasteiger partial charge in [0.15, 0.2) is 11.6 Å². The summed E-state index contributed by atoms with van der Waals surface area (Å²) in [5, 5.41) is 13.9. The van der Waals surface area contributed by atoms with Crippen molar-refractivity contribution in [3.8, 4) is 0 Å². The summed E-state index contributed by atoms with van der Waals surface area (Å²) in [5.74, 6) is 1.08. The minimum absolute atomic E-state index is 0.0404. The van der Waals surface area contributed by atoms with Crippen LogP contribution in [-0.2, 0) is 4.79 Å². The predicted molar refractivity (Wildman–Crippen MR) is 80.0 cm³/mol. The number of anilines is 3. The van der Waals surface area contributed by atoms with E-state index in [0.717, 1.165) is 17.7 Å². The molecule has 1 aromatic heterocycles. The molecule has 104 valence electrons. The van der Waals surface area contributed by atoms with E-state index in [1.807, 2.05) is 38.1 Å². The topological polar surface area (TPSA) is 66.9 Å². The highest BCUT2D eigenvalue weighted by Gasteiger charge is 2.03. The Morgan fingerprint density at radius 3 is 2.45 bits per heavy atom. The second-order valence-electron chi connectivity index (χ2n) is 4.54. The van der Waals surface area contributed by atoms with E-state index in [1.165, 1.54) is 0 Å². The lowest BCUT2D eigenvalue weighted by Gasteiger charge is -2.08. The van der Waals surface area contributed by atoms with Gasteiger partial charge in [0.1, 0.15) is 0 Å². The lowest BCUT2D eigenvalue weighted by molar-refractivity contribution is -0.116. The minimum Gasteiger partial charge on any atom is -0.339 e. The molecular weight excluding hydrogens is 252 g/mol. The van der Waals surface area contributed by atoms with E-state index in [1.54, 1.807) is 12.1 Å². The van der Waals surface area contributed by atoms with Gasteiger partial charge in [0, 0.05) is 12.1 Å². The molecule has 0 atom stereocenters. The average Bonchev–Trinajstić information content (AvgIpc) is 2.44. The summed E-state index contributed by atoms with van der Waals surface area (Å²) in [6, 6.07) is 11.5. The van der Waals surface area contributed by atoms with Gasteiger partial charge in [0.2, 0.25) is 5.91 Å². The number of carbonyl (C=O) groups excluding carboxylic acids is 1. The van der Waals surface area contributed by atoms with Gasteiger partial charge in [-0.25, -0.2) is 0 Å². The molecule has 0 unspecified atom stereocenters. The van der Waals surface area contributed by atoms with E-state index in [4.69, 9.17) is 0 Å². The van der Waals surface area contributed by atoms with Crippen molar-refractivity contribution in [2.45, 2.75) is 26.7 Å². The van der Waals surface area contributed by atoms with Crippen molar-refractivity contribution in [1.29, 1.82) is 0 Å². The highest BCUT2D eigenvalue weighted by Crippen LogP contribution is 2.18. The number of rotatable bonds is 5. The molecule has 2 aromatic rings. The lowest BCUT2D eigenvalue weighted by Crippen LogP contribution is -2.12. The van der Waals surface area contributed by atoms with E-state index >= 15 is 0 Å². The first-order chi connectivity index (χ1) is 9.69. The zero-order valence-electron chi connectivity index (χ0n) is 11.7. The second-order valence-corrected chi connectivity index (χ2v) is 4.54. The summed E-state index contributed by atoms with van der Waals surface area (Å²) in [6.07, 6.45) is 1.30. The first-order valence-electron chi connectivity index (χ1n) is 6.65. The Bertz CT molecular complexity index is 581. The van der Waals surface area contributed by atoms with Gasteiger partial charge in [-0.1, -0.05) is 25.1 Å². The fourth-order valence-electron chi connectivity index (χ4n) is 1.75. The van der Waals surface area contributed by atoms with Gasteiger partial charge >= 0.3 is 0 Å². The maximum atomic E-state index is 11.4. The molecule has 0 aliphatic rings. The van der Waals surface area contributed by atoms with E-state index in [2.05, 4.69) is 20.8 Å². The molecular formula is C15H18N4O. The molecule has 0 bridgehead atoms. The SMILES string of the molecule is CCCC(=O)Nc1ccc(Nc2ccccc2C)nn1. The van der Waals surface area contributed by atoms with Crippen molar-refractivity contribution >= 4 is 23.2 Å². The fraction of sp³-hybridized carbons (Fsp3) is 0.267. The molecule has 1 heterocycles. The van der Waals surface area contributed by atoms with Crippen LogP contribution in [0.1, 0.15) is 25.3 Å². The van der Waals surface area contributed by atoms with E-state index in [0.29, 0.717) is 18.1 Å². The van der Waals surface area contributed by atoms with Crippen molar-refractivity contribution in [1.82, 2.24) is 10.2 Å². The van der Waals surface area contributed by atoms with Crippen LogP contribution in [0, 0.1) is 6.92 Å². The summed E-state index contributed by atoms with van der Waals surface area (Å²) < 4.78 is 0. The van der Waals surface area contributed by atoms with Crippen LogP contribution in [0.15, 0.2) is 36.4 Å². The van der Waals surface area contributed by atoms with Gasteiger partial charge in [-0.3, -0.25) is 4.79 Å². The number of aryl methyl sites for hydroxylation is 1. The summed E-state index contributed by atoms with van der Waals surface area (Å²) in [6.45, 7) is 3.98. The molecule has 0 spiro atoms. The third kappa shape index (κ3) is 3.78. The molecule has 1 amide bonds. The van der Waals surface area contributed by atoms with Crippen molar-refractivity contribution < 1.29 is 4.79 Å². The van der Waals surface area contributed by atoms with Crippen LogP contribution < -0.4 is 10.6 Å². The first kappa shape index (κ1) is 14.0. The van der Waals surface area contributed by atoms with Gasteiger partial charge in [0.25, 0.3) is 0 Å². The van der Waals surface area contributed by atoms with E-state index < -0.39 is 0 Å². The molecule has 1 aromatic carbocycles. The molecule has 2 N–H and O–H groups in total. The number of benzene rings is 1. The monoisotopic (exact) mass is 270 g/mol. The third-order valence-corrected chi connectivity index (χ3v) is 2.82. The predicted octanol–water partition coefficient (Wildman–Crippen LogP) is 3.27. The van der Waals surface area contributed by atoms with Gasteiger partial charge in [0.05, 0.1) is 0 Å². The Balaban J connectivity index is 2.02. The molecule has 0 aliphatic carbocycles. The zero-order valence-corrected chi connectivity index (χ0v) is 11.7. The second kappa shape index (κ2) is 6.65. The van der Waals surface area contributed by atoms with E-state index in [9.17, 15) is 4.79 Å². The van der Waals surface area contributed by atoms with Gasteiger partial charge in [-0.05, 0) is 37.1 Å². The minimum atomic E-state index is -0.0404. The number of nitrogens with one attached hydrogen (secondary N) is 2. The van der Waals surface area contributed by atoms with Crippen molar-refractivity contribution in [2.24, 2.45) is 0 Å². The van der Waals surface area contributed by atoms with Crippen LogP contribution >= 0.6 is 0 Å². The normalized spacial score (nSPS) is 10.1. The first-order valence-corrected chi connectivity index (χ1v) is 6.65. The Morgan fingerprint density at radius 2 is 1.80 bits per heavy atom. The molecule has 5 heteroatoms. The highest BCUT2D eigenvalue weighted by atomic mass is 16.1. The molecule has 5 nitrogen and oxygen atoms in total. The Morgan fingerprint density at radius 1 is 1.10 bits per heavy atom. The molecule has 0 saturated carbocycles. The summed E-state index contributed by atoms with van der Waals surface area (Å²) >= 11 is 0. The summed E-state index contributed by atoms with van der Waals surface area (Å²) in [4.78, 5) is 11.4. The molecule has 20 heavy (non-hydrogen) atoms. The van der Waals surface area contributed by atoms with Crippen molar-refractivity contribution in [3.63, 3.8) is 0 Å². The molecule has 0 saturated heterocycles. The Kier molecular flexibility index (Phi) is 4.65. The Labute approximate surface area is 118 Å².